The topological polar surface area (TPSA) is 99.2 Å². The third-order valence-electron chi connectivity index (χ3n) is 6.66. The zero-order chi connectivity index (χ0) is 29.4. The van der Waals surface area contributed by atoms with E-state index in [1.54, 1.807) is 4.90 Å². The van der Waals surface area contributed by atoms with Gasteiger partial charge in [-0.1, -0.05) is 65.6 Å². The Morgan fingerprint density at radius 1 is 1.05 bits per heavy atom. The standard InChI is InChI=1S/C29H29NO7S3/c1-15-12-13-19-18(14-15)20(28-39-22(26(33)35-5)23(40-28)27(34)36-6)24(38)29(3,4)30(19)25(32)21(37-16(2)31)17-10-8-7-9-11-17/h7-8,10,12-14,21H,9,11H2,1-6H3. The maximum absolute atomic E-state index is 14.3. The van der Waals surface area contributed by atoms with E-state index < -0.39 is 35.5 Å². The maximum atomic E-state index is 14.3. The highest BCUT2D eigenvalue weighted by atomic mass is 32.2. The van der Waals surface area contributed by atoms with Gasteiger partial charge in [-0.05, 0) is 51.3 Å². The first-order valence-electron chi connectivity index (χ1n) is 12.5. The van der Waals surface area contributed by atoms with Crippen LogP contribution in [-0.2, 0) is 33.4 Å². The highest BCUT2D eigenvalue weighted by Crippen LogP contribution is 2.56. The number of carbonyl (C=O) groups excluding carboxylic acids is 4. The lowest BCUT2D eigenvalue weighted by molar-refractivity contribution is -0.151. The molecule has 11 heteroatoms. The number of anilines is 1. The SMILES string of the molecule is COC(=O)C1=C(C(=O)OC)SC(=C2C(=S)C(C)(C)N(C(=O)C(OC(C)=O)C3=CC=CCC3)c3ccc(C)cc32)S1. The van der Waals surface area contributed by atoms with E-state index in [4.69, 9.17) is 26.4 Å². The number of aryl methyl sites for hydroxylation is 1. The molecule has 1 amide bonds. The predicted molar refractivity (Wildman–Crippen MR) is 161 cm³/mol. The minimum Gasteiger partial charge on any atom is -0.465 e. The zero-order valence-electron chi connectivity index (χ0n) is 23.0. The number of fused-ring (bicyclic) bond motifs is 1. The number of esters is 3. The van der Waals surface area contributed by atoms with Gasteiger partial charge in [0.1, 0.15) is 9.81 Å². The Morgan fingerprint density at radius 2 is 1.68 bits per heavy atom. The number of nitrogens with zero attached hydrogens (tertiary/aromatic N) is 1. The molecule has 2 aliphatic heterocycles. The molecule has 1 unspecified atom stereocenters. The van der Waals surface area contributed by atoms with Gasteiger partial charge in [-0.2, -0.15) is 0 Å². The second-order valence-electron chi connectivity index (χ2n) is 9.79. The number of thioether (sulfide) groups is 2. The third-order valence-corrected chi connectivity index (χ3v) is 9.92. The quantitative estimate of drug-likeness (QED) is 0.189. The van der Waals surface area contributed by atoms with Gasteiger partial charge in [0.2, 0.25) is 6.10 Å². The summed E-state index contributed by atoms with van der Waals surface area (Å²) in [6.45, 7) is 6.86. The van der Waals surface area contributed by atoms with Crippen molar-refractivity contribution in [1.82, 2.24) is 0 Å². The van der Waals surface area contributed by atoms with E-state index in [0.29, 0.717) is 37.9 Å². The molecular weight excluding hydrogens is 571 g/mol. The summed E-state index contributed by atoms with van der Waals surface area (Å²) in [5.74, 6) is -2.29. The molecular formula is C29H29NO7S3. The van der Waals surface area contributed by atoms with Crippen molar-refractivity contribution in [1.29, 1.82) is 0 Å². The van der Waals surface area contributed by atoms with E-state index in [0.717, 1.165) is 35.5 Å². The number of amides is 1. The van der Waals surface area contributed by atoms with E-state index >= 15 is 0 Å². The molecule has 1 aromatic carbocycles. The summed E-state index contributed by atoms with van der Waals surface area (Å²) in [7, 11) is 2.49. The summed E-state index contributed by atoms with van der Waals surface area (Å²) >= 11 is 8.23. The molecule has 1 aliphatic carbocycles. The van der Waals surface area contributed by atoms with Crippen LogP contribution in [0.2, 0.25) is 0 Å². The summed E-state index contributed by atoms with van der Waals surface area (Å²) in [6.07, 6.45) is 5.87. The van der Waals surface area contributed by atoms with Crippen LogP contribution in [0.25, 0.3) is 5.57 Å². The number of ether oxygens (including phenoxy) is 3. The van der Waals surface area contributed by atoms with E-state index in [9.17, 15) is 19.2 Å². The molecule has 210 valence electrons. The van der Waals surface area contributed by atoms with Crippen LogP contribution in [0.15, 0.2) is 56.0 Å². The first kappa shape index (κ1) is 29.8. The van der Waals surface area contributed by atoms with Crippen molar-refractivity contribution in [2.45, 2.75) is 52.2 Å². The Bertz CT molecular complexity index is 1420. The van der Waals surface area contributed by atoms with Gasteiger partial charge in [0.15, 0.2) is 0 Å². The molecule has 3 aliphatic rings. The van der Waals surface area contributed by atoms with Crippen LogP contribution < -0.4 is 4.90 Å². The molecule has 1 atom stereocenters. The minimum atomic E-state index is -1.11. The Morgan fingerprint density at radius 3 is 2.20 bits per heavy atom. The fourth-order valence-electron chi connectivity index (χ4n) is 4.74. The van der Waals surface area contributed by atoms with Gasteiger partial charge in [-0.25, -0.2) is 9.59 Å². The predicted octanol–water partition coefficient (Wildman–Crippen LogP) is 5.40. The highest BCUT2D eigenvalue weighted by molar-refractivity contribution is 8.29. The number of allylic oxidation sites excluding steroid dienone is 3. The van der Waals surface area contributed by atoms with Crippen molar-refractivity contribution in [3.8, 4) is 0 Å². The van der Waals surface area contributed by atoms with Gasteiger partial charge in [0, 0.05) is 18.1 Å². The van der Waals surface area contributed by atoms with Gasteiger partial charge in [0.25, 0.3) is 5.91 Å². The molecule has 40 heavy (non-hydrogen) atoms. The van der Waals surface area contributed by atoms with Crippen molar-refractivity contribution >= 4 is 75.7 Å². The largest absolute Gasteiger partial charge is 0.465 e. The number of methoxy groups -OCH3 is 2. The molecule has 1 aromatic rings. The Hall–Kier alpha value is -3.15. The number of thiocarbonyl (C=S) groups is 1. The van der Waals surface area contributed by atoms with Gasteiger partial charge in [-0.3, -0.25) is 14.5 Å². The highest BCUT2D eigenvalue weighted by Gasteiger charge is 2.48. The lowest BCUT2D eigenvalue weighted by Gasteiger charge is -2.46. The first-order valence-corrected chi connectivity index (χ1v) is 14.5. The number of hydrogen-bond acceptors (Lipinski definition) is 10. The van der Waals surface area contributed by atoms with Gasteiger partial charge in [0.05, 0.1) is 34.5 Å². The number of hydrogen-bond donors (Lipinski definition) is 0. The summed E-state index contributed by atoms with van der Waals surface area (Å²) in [5, 5.41) is 0. The normalized spacial score (nSPS) is 18.7. The average Bonchev–Trinajstić information content (AvgIpc) is 3.37. The van der Waals surface area contributed by atoms with Gasteiger partial charge < -0.3 is 14.2 Å². The molecule has 0 saturated carbocycles. The number of carbonyl (C=O) groups is 4. The Kier molecular flexibility index (Phi) is 8.77. The summed E-state index contributed by atoms with van der Waals surface area (Å²) < 4.78 is 16.0. The molecule has 0 saturated heterocycles. The number of benzene rings is 1. The van der Waals surface area contributed by atoms with Gasteiger partial charge >= 0.3 is 17.9 Å². The zero-order valence-corrected chi connectivity index (χ0v) is 25.4. The fraction of sp³-hybridized carbons (Fsp3) is 0.345. The lowest BCUT2D eigenvalue weighted by Crippen LogP contribution is -2.59. The summed E-state index contributed by atoms with van der Waals surface area (Å²) in [5.41, 5.74) is 2.47. The van der Waals surface area contributed by atoms with Crippen LogP contribution in [0.5, 0.6) is 0 Å². The smallest absolute Gasteiger partial charge is 0.346 e. The first-order chi connectivity index (χ1) is 18.9. The van der Waals surface area contributed by atoms with Crippen molar-refractivity contribution in [3.05, 3.63) is 67.2 Å². The molecule has 2 heterocycles. The summed E-state index contributed by atoms with van der Waals surface area (Å²) in [4.78, 5) is 53.8. The molecule has 0 N–H and O–H groups in total. The van der Waals surface area contributed by atoms with Crippen molar-refractivity contribution in [2.24, 2.45) is 0 Å². The minimum absolute atomic E-state index is 0.113. The van der Waals surface area contributed by atoms with E-state index in [1.807, 2.05) is 57.2 Å². The molecule has 8 nitrogen and oxygen atoms in total. The van der Waals surface area contributed by atoms with Gasteiger partial charge in [-0.15, -0.1) is 0 Å². The Labute approximate surface area is 246 Å². The molecule has 0 fully saturated rings. The van der Waals surface area contributed by atoms with Crippen molar-refractivity contribution in [2.75, 3.05) is 19.1 Å². The lowest BCUT2D eigenvalue weighted by atomic mass is 9.82. The van der Waals surface area contributed by atoms with Crippen LogP contribution in [0, 0.1) is 6.92 Å². The van der Waals surface area contributed by atoms with Crippen LogP contribution in [0.3, 0.4) is 0 Å². The second-order valence-corrected chi connectivity index (χ2v) is 12.5. The second kappa shape index (κ2) is 11.8. The molecule has 4 rings (SSSR count). The van der Waals surface area contributed by atoms with Crippen LogP contribution in [0.1, 0.15) is 44.7 Å². The summed E-state index contributed by atoms with van der Waals surface area (Å²) in [6, 6.07) is 5.65. The Balaban J connectivity index is 1.89. The van der Waals surface area contributed by atoms with E-state index in [2.05, 4.69) is 0 Å². The molecule has 0 bridgehead atoms. The van der Waals surface area contributed by atoms with Crippen LogP contribution >= 0.6 is 35.7 Å². The number of rotatable bonds is 5. The van der Waals surface area contributed by atoms with Crippen LogP contribution in [0.4, 0.5) is 5.69 Å². The monoisotopic (exact) mass is 599 g/mol. The van der Waals surface area contributed by atoms with E-state index in [1.165, 1.54) is 21.1 Å². The molecule has 0 radical (unpaired) electrons. The average molecular weight is 600 g/mol. The van der Waals surface area contributed by atoms with E-state index in [-0.39, 0.29) is 9.81 Å². The molecule has 0 spiro atoms. The maximum Gasteiger partial charge on any atom is 0.346 e. The third kappa shape index (κ3) is 5.42. The fourth-order valence-corrected chi connectivity index (χ4v) is 7.77. The van der Waals surface area contributed by atoms with Crippen molar-refractivity contribution in [3.63, 3.8) is 0 Å². The molecule has 0 aromatic heterocycles. The van der Waals surface area contributed by atoms with Crippen LogP contribution in [-0.4, -0.2) is 54.5 Å². The van der Waals surface area contributed by atoms with Crippen molar-refractivity contribution < 1.29 is 33.4 Å².